The molecule has 1 aliphatic rings. The number of nitrogens with one attached hydrogen (secondary N) is 2. The van der Waals surface area contributed by atoms with Crippen molar-refractivity contribution in [3.8, 4) is 5.75 Å². The predicted molar refractivity (Wildman–Crippen MR) is 131 cm³/mol. The molecule has 0 bridgehead atoms. The SMILES string of the molecule is CCOc1ccc(NC(=O)c2cccc(NC3=C(Cl)C(=O)N(Cc4ccccc4)C3=O)c2)cc1. The van der Waals surface area contributed by atoms with Crippen LogP contribution in [0.4, 0.5) is 11.4 Å². The average molecular weight is 476 g/mol. The first-order valence-corrected chi connectivity index (χ1v) is 11.0. The van der Waals surface area contributed by atoms with Gasteiger partial charge in [-0.25, -0.2) is 0 Å². The van der Waals surface area contributed by atoms with Gasteiger partial charge in [0.05, 0.1) is 13.2 Å². The quantitative estimate of drug-likeness (QED) is 0.458. The second kappa shape index (κ2) is 10.2. The van der Waals surface area contributed by atoms with Crippen molar-refractivity contribution in [1.29, 1.82) is 0 Å². The van der Waals surface area contributed by atoms with Crippen LogP contribution in [0.1, 0.15) is 22.8 Å². The van der Waals surface area contributed by atoms with E-state index in [1.54, 1.807) is 48.5 Å². The first-order valence-electron chi connectivity index (χ1n) is 10.7. The number of imide groups is 1. The van der Waals surface area contributed by atoms with E-state index >= 15 is 0 Å². The maximum absolute atomic E-state index is 12.9. The molecule has 34 heavy (non-hydrogen) atoms. The van der Waals surface area contributed by atoms with Crippen molar-refractivity contribution in [3.05, 3.63) is 101 Å². The van der Waals surface area contributed by atoms with E-state index in [0.29, 0.717) is 29.3 Å². The zero-order chi connectivity index (χ0) is 24.1. The number of carbonyl (C=O) groups is 3. The highest BCUT2D eigenvalue weighted by Crippen LogP contribution is 2.27. The third kappa shape index (κ3) is 5.10. The number of anilines is 2. The van der Waals surface area contributed by atoms with Gasteiger partial charge in [-0.1, -0.05) is 48.0 Å². The Hall–Kier alpha value is -4.10. The number of ether oxygens (including phenoxy) is 1. The minimum atomic E-state index is -0.567. The highest BCUT2D eigenvalue weighted by atomic mass is 35.5. The Morgan fingerprint density at radius 3 is 2.35 bits per heavy atom. The third-order valence-electron chi connectivity index (χ3n) is 5.11. The standard InChI is InChI=1S/C26H22ClN3O4/c1-2-34-21-13-11-19(12-14-21)29-24(31)18-9-6-10-20(15-18)28-23-22(27)25(32)30(26(23)33)16-17-7-4-3-5-8-17/h3-15,28H,2,16H2,1H3,(H,29,31). The molecule has 7 nitrogen and oxygen atoms in total. The monoisotopic (exact) mass is 475 g/mol. The summed E-state index contributed by atoms with van der Waals surface area (Å²) in [4.78, 5) is 39.2. The lowest BCUT2D eigenvalue weighted by Crippen LogP contribution is -2.31. The second-order valence-electron chi connectivity index (χ2n) is 7.49. The zero-order valence-corrected chi connectivity index (χ0v) is 19.1. The summed E-state index contributed by atoms with van der Waals surface area (Å²) < 4.78 is 5.40. The van der Waals surface area contributed by atoms with Crippen LogP contribution in [0, 0.1) is 0 Å². The maximum atomic E-state index is 12.9. The Labute approximate surface area is 202 Å². The molecule has 0 fully saturated rings. The summed E-state index contributed by atoms with van der Waals surface area (Å²) in [6, 6.07) is 22.8. The van der Waals surface area contributed by atoms with Crippen molar-refractivity contribution in [1.82, 2.24) is 4.90 Å². The number of hydrogen-bond acceptors (Lipinski definition) is 5. The number of benzene rings is 3. The van der Waals surface area contributed by atoms with Crippen LogP contribution in [-0.2, 0) is 16.1 Å². The van der Waals surface area contributed by atoms with E-state index in [0.717, 1.165) is 10.5 Å². The predicted octanol–water partition coefficient (Wildman–Crippen LogP) is 4.77. The summed E-state index contributed by atoms with van der Waals surface area (Å²) in [7, 11) is 0. The van der Waals surface area contributed by atoms with Crippen LogP contribution in [0.5, 0.6) is 5.75 Å². The largest absolute Gasteiger partial charge is 0.494 e. The minimum Gasteiger partial charge on any atom is -0.494 e. The Morgan fingerprint density at radius 1 is 0.912 bits per heavy atom. The van der Waals surface area contributed by atoms with Gasteiger partial charge in [-0.2, -0.15) is 0 Å². The van der Waals surface area contributed by atoms with Gasteiger partial charge < -0.3 is 15.4 Å². The van der Waals surface area contributed by atoms with Crippen LogP contribution in [0.3, 0.4) is 0 Å². The van der Waals surface area contributed by atoms with E-state index in [4.69, 9.17) is 16.3 Å². The fraction of sp³-hybridized carbons (Fsp3) is 0.115. The van der Waals surface area contributed by atoms with Gasteiger partial charge >= 0.3 is 0 Å². The Morgan fingerprint density at radius 2 is 1.65 bits per heavy atom. The molecule has 1 aliphatic heterocycles. The van der Waals surface area contributed by atoms with Gasteiger partial charge in [0.25, 0.3) is 17.7 Å². The van der Waals surface area contributed by atoms with Gasteiger partial charge in [-0.15, -0.1) is 0 Å². The van der Waals surface area contributed by atoms with E-state index < -0.39 is 11.8 Å². The van der Waals surface area contributed by atoms with Crippen molar-refractivity contribution in [2.75, 3.05) is 17.2 Å². The number of nitrogens with zero attached hydrogens (tertiary/aromatic N) is 1. The van der Waals surface area contributed by atoms with Crippen LogP contribution in [0.15, 0.2) is 89.6 Å². The Balaban J connectivity index is 1.45. The van der Waals surface area contributed by atoms with Gasteiger partial charge in [0, 0.05) is 16.9 Å². The van der Waals surface area contributed by atoms with Crippen molar-refractivity contribution in [2.45, 2.75) is 13.5 Å². The highest BCUT2D eigenvalue weighted by molar-refractivity contribution is 6.48. The molecule has 0 spiro atoms. The minimum absolute atomic E-state index is 0.0216. The molecule has 4 rings (SSSR count). The molecule has 2 N–H and O–H groups in total. The average Bonchev–Trinajstić information content (AvgIpc) is 3.05. The van der Waals surface area contributed by atoms with Gasteiger partial charge in [0.2, 0.25) is 0 Å². The topological polar surface area (TPSA) is 87.7 Å². The van der Waals surface area contributed by atoms with Crippen LogP contribution >= 0.6 is 11.6 Å². The van der Waals surface area contributed by atoms with Gasteiger partial charge in [-0.3, -0.25) is 19.3 Å². The van der Waals surface area contributed by atoms with Gasteiger partial charge in [0.1, 0.15) is 16.5 Å². The molecular formula is C26H22ClN3O4. The Kier molecular flexibility index (Phi) is 6.94. The molecule has 3 aromatic carbocycles. The van der Waals surface area contributed by atoms with Crippen LogP contribution < -0.4 is 15.4 Å². The van der Waals surface area contributed by atoms with E-state index in [2.05, 4.69) is 10.6 Å². The van der Waals surface area contributed by atoms with Crippen molar-refractivity contribution in [3.63, 3.8) is 0 Å². The molecule has 3 amide bonds. The maximum Gasteiger partial charge on any atom is 0.279 e. The highest BCUT2D eigenvalue weighted by Gasteiger charge is 2.37. The van der Waals surface area contributed by atoms with Crippen molar-refractivity contribution < 1.29 is 19.1 Å². The summed E-state index contributed by atoms with van der Waals surface area (Å²) in [5.74, 6) is -0.702. The third-order valence-corrected chi connectivity index (χ3v) is 5.46. The van der Waals surface area contributed by atoms with Crippen LogP contribution in [0.2, 0.25) is 0 Å². The van der Waals surface area contributed by atoms with E-state index in [1.165, 1.54) is 0 Å². The fourth-order valence-electron chi connectivity index (χ4n) is 3.45. The molecule has 0 aliphatic carbocycles. The fourth-order valence-corrected chi connectivity index (χ4v) is 3.68. The van der Waals surface area contributed by atoms with E-state index in [1.807, 2.05) is 37.3 Å². The van der Waals surface area contributed by atoms with E-state index in [-0.39, 0.29) is 23.2 Å². The summed E-state index contributed by atoms with van der Waals surface area (Å²) >= 11 is 6.19. The van der Waals surface area contributed by atoms with Crippen molar-refractivity contribution >= 4 is 40.7 Å². The molecule has 1 heterocycles. The molecule has 0 saturated carbocycles. The van der Waals surface area contributed by atoms with Crippen LogP contribution in [0.25, 0.3) is 0 Å². The van der Waals surface area contributed by atoms with Gasteiger partial charge in [0.15, 0.2) is 0 Å². The number of amides is 3. The van der Waals surface area contributed by atoms with Crippen molar-refractivity contribution in [2.24, 2.45) is 0 Å². The summed E-state index contributed by atoms with van der Waals surface area (Å²) in [5, 5.41) is 5.53. The van der Waals surface area contributed by atoms with E-state index in [9.17, 15) is 14.4 Å². The summed E-state index contributed by atoms with van der Waals surface area (Å²) in [6.45, 7) is 2.57. The molecule has 0 aromatic heterocycles. The van der Waals surface area contributed by atoms with Gasteiger partial charge in [-0.05, 0) is 55.0 Å². The van der Waals surface area contributed by atoms with Crippen LogP contribution in [-0.4, -0.2) is 29.2 Å². The molecule has 8 heteroatoms. The number of carbonyl (C=O) groups excluding carboxylic acids is 3. The lowest BCUT2D eigenvalue weighted by atomic mass is 10.1. The smallest absolute Gasteiger partial charge is 0.279 e. The number of halogens is 1. The molecular weight excluding hydrogens is 454 g/mol. The normalized spacial score (nSPS) is 13.3. The zero-order valence-electron chi connectivity index (χ0n) is 18.4. The Bertz CT molecular complexity index is 1260. The lowest BCUT2D eigenvalue weighted by Gasteiger charge is -2.15. The molecule has 0 radical (unpaired) electrons. The summed E-state index contributed by atoms with van der Waals surface area (Å²) in [6.07, 6.45) is 0. The lowest BCUT2D eigenvalue weighted by molar-refractivity contribution is -0.138. The first-order chi connectivity index (χ1) is 16.5. The number of rotatable bonds is 8. The molecule has 0 atom stereocenters. The number of hydrogen-bond donors (Lipinski definition) is 2. The molecule has 172 valence electrons. The molecule has 3 aromatic rings. The molecule has 0 saturated heterocycles. The first kappa shape index (κ1) is 23.1. The molecule has 0 unspecified atom stereocenters. The summed E-state index contributed by atoms with van der Waals surface area (Å²) in [5.41, 5.74) is 2.23. The second-order valence-corrected chi connectivity index (χ2v) is 7.87.